The molecule has 0 saturated heterocycles. The molecule has 78 valence electrons. The molecule has 2 N–H and O–H groups in total. The standard InChI is InChI=1S/C9H9F3IN/c10-9(11,12)5-8(14)6-1-3-7(13)4-2-6/h1-4,8H,5,14H2. The Morgan fingerprint density at radius 2 is 1.71 bits per heavy atom. The monoisotopic (exact) mass is 315 g/mol. The van der Waals surface area contributed by atoms with Crippen LogP contribution in [0, 0.1) is 3.57 Å². The minimum atomic E-state index is -4.21. The minimum Gasteiger partial charge on any atom is -0.324 e. The third-order valence-electron chi connectivity index (χ3n) is 1.75. The molecule has 5 heteroatoms. The molecule has 1 rings (SSSR count). The van der Waals surface area contributed by atoms with Gasteiger partial charge in [0.1, 0.15) is 0 Å². The number of hydrogen-bond donors (Lipinski definition) is 1. The number of alkyl halides is 3. The van der Waals surface area contributed by atoms with Gasteiger partial charge in [-0.05, 0) is 40.3 Å². The van der Waals surface area contributed by atoms with Crippen LogP contribution < -0.4 is 5.73 Å². The summed E-state index contributed by atoms with van der Waals surface area (Å²) >= 11 is 2.09. The van der Waals surface area contributed by atoms with E-state index < -0.39 is 18.6 Å². The first-order valence-electron chi connectivity index (χ1n) is 3.96. The Bertz CT molecular complexity index is 294. The summed E-state index contributed by atoms with van der Waals surface area (Å²) in [4.78, 5) is 0. The maximum atomic E-state index is 12.0. The fourth-order valence-electron chi connectivity index (χ4n) is 1.08. The predicted octanol–water partition coefficient (Wildman–Crippen LogP) is 3.24. The first-order valence-corrected chi connectivity index (χ1v) is 5.04. The molecule has 0 aromatic heterocycles. The van der Waals surface area contributed by atoms with Crippen LogP contribution in [-0.4, -0.2) is 6.18 Å². The molecule has 1 atom stereocenters. The average molecular weight is 315 g/mol. The van der Waals surface area contributed by atoms with Crippen LogP contribution in [0.3, 0.4) is 0 Å². The number of hydrogen-bond acceptors (Lipinski definition) is 1. The van der Waals surface area contributed by atoms with Gasteiger partial charge in [-0.15, -0.1) is 0 Å². The van der Waals surface area contributed by atoms with E-state index in [-0.39, 0.29) is 0 Å². The van der Waals surface area contributed by atoms with Gasteiger partial charge in [0, 0.05) is 9.61 Å². The maximum absolute atomic E-state index is 12.0. The Morgan fingerprint density at radius 3 is 2.14 bits per heavy atom. The van der Waals surface area contributed by atoms with Crippen LogP contribution in [-0.2, 0) is 0 Å². The van der Waals surface area contributed by atoms with Gasteiger partial charge in [-0.1, -0.05) is 12.1 Å². The van der Waals surface area contributed by atoms with Gasteiger partial charge >= 0.3 is 6.18 Å². The van der Waals surface area contributed by atoms with Crippen molar-refractivity contribution < 1.29 is 13.2 Å². The molecular formula is C9H9F3IN. The lowest BCUT2D eigenvalue weighted by Crippen LogP contribution is -2.20. The van der Waals surface area contributed by atoms with E-state index in [1.807, 2.05) is 0 Å². The minimum absolute atomic E-state index is 0.516. The second kappa shape index (κ2) is 4.48. The van der Waals surface area contributed by atoms with Gasteiger partial charge in [-0.3, -0.25) is 0 Å². The van der Waals surface area contributed by atoms with Gasteiger partial charge in [-0.25, -0.2) is 0 Å². The SMILES string of the molecule is NC(CC(F)(F)F)c1ccc(I)cc1. The van der Waals surface area contributed by atoms with Crippen LogP contribution in [0.1, 0.15) is 18.0 Å². The van der Waals surface area contributed by atoms with Crippen molar-refractivity contribution in [3.05, 3.63) is 33.4 Å². The molecule has 1 aromatic rings. The lowest BCUT2D eigenvalue weighted by atomic mass is 10.1. The Balaban J connectivity index is 2.70. The Labute approximate surface area is 93.6 Å². The first-order chi connectivity index (χ1) is 6.38. The summed E-state index contributed by atoms with van der Waals surface area (Å²) in [5.74, 6) is 0. The van der Waals surface area contributed by atoms with Crippen LogP contribution in [0.2, 0.25) is 0 Å². The van der Waals surface area contributed by atoms with Gasteiger partial charge in [0.2, 0.25) is 0 Å². The lowest BCUT2D eigenvalue weighted by molar-refractivity contribution is -0.138. The van der Waals surface area contributed by atoms with E-state index in [2.05, 4.69) is 22.6 Å². The first kappa shape index (κ1) is 11.8. The van der Waals surface area contributed by atoms with Crippen molar-refractivity contribution in [1.82, 2.24) is 0 Å². The predicted molar refractivity (Wildman–Crippen MR) is 56.8 cm³/mol. The third-order valence-corrected chi connectivity index (χ3v) is 2.47. The molecule has 0 radical (unpaired) electrons. The number of nitrogens with two attached hydrogens (primary N) is 1. The normalized spacial score (nSPS) is 14.1. The van der Waals surface area contributed by atoms with Crippen LogP contribution in [0.25, 0.3) is 0 Å². The molecule has 1 unspecified atom stereocenters. The summed E-state index contributed by atoms with van der Waals surface area (Å²) in [6.07, 6.45) is -5.18. The zero-order chi connectivity index (χ0) is 10.8. The van der Waals surface area contributed by atoms with Crippen molar-refractivity contribution in [1.29, 1.82) is 0 Å². The molecule has 1 aromatic carbocycles. The Hall–Kier alpha value is -0.300. The smallest absolute Gasteiger partial charge is 0.324 e. The highest BCUT2D eigenvalue weighted by atomic mass is 127. The largest absolute Gasteiger partial charge is 0.390 e. The lowest BCUT2D eigenvalue weighted by Gasteiger charge is -2.14. The topological polar surface area (TPSA) is 26.0 Å². The fraction of sp³-hybridized carbons (Fsp3) is 0.333. The van der Waals surface area contributed by atoms with Gasteiger partial charge in [0.25, 0.3) is 0 Å². The summed E-state index contributed by atoms with van der Waals surface area (Å²) in [6.45, 7) is 0. The average Bonchev–Trinajstić information content (AvgIpc) is 2.02. The van der Waals surface area contributed by atoms with E-state index in [1.165, 1.54) is 0 Å². The number of benzene rings is 1. The Morgan fingerprint density at radius 1 is 1.21 bits per heavy atom. The van der Waals surface area contributed by atoms with E-state index in [1.54, 1.807) is 24.3 Å². The molecule has 0 aliphatic heterocycles. The highest BCUT2D eigenvalue weighted by Gasteiger charge is 2.30. The summed E-state index contributed by atoms with van der Waals surface area (Å²) in [5.41, 5.74) is 5.93. The fourth-order valence-corrected chi connectivity index (χ4v) is 1.44. The van der Waals surface area contributed by atoms with Crippen LogP contribution >= 0.6 is 22.6 Å². The molecule has 0 aliphatic rings. The molecule has 0 fully saturated rings. The highest BCUT2D eigenvalue weighted by molar-refractivity contribution is 14.1. The van der Waals surface area contributed by atoms with Crippen LogP contribution in [0.5, 0.6) is 0 Å². The molecule has 1 nitrogen and oxygen atoms in total. The van der Waals surface area contributed by atoms with E-state index in [0.717, 1.165) is 3.57 Å². The van der Waals surface area contributed by atoms with Crippen molar-refractivity contribution in [3.8, 4) is 0 Å². The van der Waals surface area contributed by atoms with Crippen molar-refractivity contribution in [2.24, 2.45) is 5.73 Å². The second-order valence-electron chi connectivity index (χ2n) is 2.98. The number of rotatable bonds is 2. The summed E-state index contributed by atoms with van der Waals surface area (Å²) in [7, 11) is 0. The molecule has 0 spiro atoms. The molecule has 0 aliphatic carbocycles. The zero-order valence-electron chi connectivity index (χ0n) is 7.18. The van der Waals surface area contributed by atoms with E-state index in [0.29, 0.717) is 5.56 Å². The third kappa shape index (κ3) is 3.83. The zero-order valence-corrected chi connectivity index (χ0v) is 9.34. The second-order valence-corrected chi connectivity index (χ2v) is 4.22. The quantitative estimate of drug-likeness (QED) is 0.833. The van der Waals surface area contributed by atoms with E-state index >= 15 is 0 Å². The maximum Gasteiger partial charge on any atom is 0.390 e. The summed E-state index contributed by atoms with van der Waals surface area (Å²) < 4.78 is 36.9. The van der Waals surface area contributed by atoms with Crippen LogP contribution in [0.15, 0.2) is 24.3 Å². The van der Waals surface area contributed by atoms with Crippen molar-refractivity contribution >= 4 is 22.6 Å². The molecular weight excluding hydrogens is 306 g/mol. The van der Waals surface area contributed by atoms with E-state index in [4.69, 9.17) is 5.73 Å². The van der Waals surface area contributed by atoms with Crippen molar-refractivity contribution in [2.45, 2.75) is 18.6 Å². The molecule has 0 amide bonds. The summed E-state index contributed by atoms with van der Waals surface area (Å²) in [5, 5.41) is 0. The van der Waals surface area contributed by atoms with Gasteiger partial charge in [-0.2, -0.15) is 13.2 Å². The molecule has 0 saturated carbocycles. The molecule has 14 heavy (non-hydrogen) atoms. The molecule has 0 heterocycles. The molecule has 0 bridgehead atoms. The van der Waals surface area contributed by atoms with Gasteiger partial charge < -0.3 is 5.73 Å². The summed E-state index contributed by atoms with van der Waals surface area (Å²) in [6, 6.07) is 5.77. The highest BCUT2D eigenvalue weighted by Crippen LogP contribution is 2.27. The van der Waals surface area contributed by atoms with Crippen molar-refractivity contribution in [2.75, 3.05) is 0 Å². The van der Waals surface area contributed by atoms with Gasteiger partial charge in [0.05, 0.1) is 6.42 Å². The van der Waals surface area contributed by atoms with Gasteiger partial charge in [0.15, 0.2) is 0 Å². The van der Waals surface area contributed by atoms with E-state index in [9.17, 15) is 13.2 Å². The number of halogens is 4. The van der Waals surface area contributed by atoms with Crippen LogP contribution in [0.4, 0.5) is 13.2 Å². The Kier molecular flexibility index (Phi) is 3.77. The van der Waals surface area contributed by atoms with Crippen molar-refractivity contribution in [3.63, 3.8) is 0 Å².